The van der Waals surface area contributed by atoms with E-state index in [4.69, 9.17) is 10.1 Å². The lowest BCUT2D eigenvalue weighted by Crippen LogP contribution is -2.55. The average molecular weight is 340 g/mol. The first-order valence-corrected chi connectivity index (χ1v) is 9.76. The molecule has 1 aromatic heterocycles. The van der Waals surface area contributed by atoms with Gasteiger partial charge in [0.05, 0.1) is 5.54 Å². The smallest absolute Gasteiger partial charge is 0.222 e. The van der Waals surface area contributed by atoms with Crippen LogP contribution in [0.2, 0.25) is 0 Å². The van der Waals surface area contributed by atoms with Gasteiger partial charge in [-0.3, -0.25) is 0 Å². The van der Waals surface area contributed by atoms with Crippen LogP contribution < -0.4 is 5.32 Å². The topological polar surface area (TPSA) is 42.7 Å². The second-order valence-corrected chi connectivity index (χ2v) is 7.98. The van der Waals surface area contributed by atoms with Crippen LogP contribution in [0.5, 0.6) is 0 Å². The van der Waals surface area contributed by atoms with E-state index in [1.165, 1.54) is 69.9 Å². The summed E-state index contributed by atoms with van der Waals surface area (Å²) in [5.41, 5.74) is 1.02. The van der Waals surface area contributed by atoms with Gasteiger partial charge in [0, 0.05) is 17.5 Å². The summed E-state index contributed by atoms with van der Waals surface area (Å²) in [6.45, 7) is 0. The van der Waals surface area contributed by atoms with Crippen LogP contribution in [-0.4, -0.2) is 20.8 Å². The summed E-state index contributed by atoms with van der Waals surface area (Å²) < 4.78 is 15.5. The van der Waals surface area contributed by atoms with Gasteiger partial charge in [-0.1, -0.05) is 32.1 Å². The molecule has 1 N–H and O–H groups in total. The Hall–Kier alpha value is -1.91. The number of halogens is 1. The third kappa shape index (κ3) is 2.39. The minimum atomic E-state index is -0.222. The predicted octanol–water partition coefficient (Wildman–Crippen LogP) is 4.73. The number of anilines is 1. The first-order chi connectivity index (χ1) is 12.3. The molecule has 1 aliphatic heterocycles. The lowest BCUT2D eigenvalue weighted by molar-refractivity contribution is 0.0455. The number of benzene rings is 1. The lowest BCUT2D eigenvalue weighted by Gasteiger charge is -2.52. The van der Waals surface area contributed by atoms with Gasteiger partial charge in [-0.05, 0) is 49.9 Å². The quantitative estimate of drug-likeness (QED) is 0.816. The van der Waals surface area contributed by atoms with Crippen LogP contribution in [-0.2, 0) is 5.54 Å². The lowest BCUT2D eigenvalue weighted by atomic mass is 9.64. The number of hydrogen-bond donors (Lipinski definition) is 1. The van der Waals surface area contributed by atoms with Crippen molar-refractivity contribution in [3.63, 3.8) is 0 Å². The Bertz CT molecular complexity index is 761. The molecule has 3 aliphatic rings. The normalized spacial score (nSPS) is 27.4. The molecular weight excluding hydrogens is 315 g/mol. The van der Waals surface area contributed by atoms with Crippen LogP contribution in [0.25, 0.3) is 11.4 Å². The molecule has 2 aromatic rings. The van der Waals surface area contributed by atoms with Crippen LogP contribution in [0.15, 0.2) is 24.3 Å². The molecule has 2 saturated carbocycles. The third-order valence-corrected chi connectivity index (χ3v) is 6.62. The summed E-state index contributed by atoms with van der Waals surface area (Å²) in [6.07, 6.45) is 11.5. The van der Waals surface area contributed by atoms with Gasteiger partial charge in [0.1, 0.15) is 5.82 Å². The Kier molecular flexibility index (Phi) is 3.57. The van der Waals surface area contributed by atoms with Gasteiger partial charge < -0.3 is 5.32 Å². The molecule has 2 heterocycles. The van der Waals surface area contributed by atoms with E-state index >= 15 is 0 Å². The van der Waals surface area contributed by atoms with Gasteiger partial charge in [-0.25, -0.2) is 9.07 Å². The number of fused-ring (bicyclic) bond motifs is 4. The first-order valence-electron chi connectivity index (χ1n) is 9.76. The van der Waals surface area contributed by atoms with Gasteiger partial charge in [0.15, 0.2) is 5.82 Å². The van der Waals surface area contributed by atoms with Gasteiger partial charge in [-0.2, -0.15) is 4.98 Å². The van der Waals surface area contributed by atoms with Crippen molar-refractivity contribution in [1.29, 1.82) is 0 Å². The molecule has 4 nitrogen and oxygen atoms in total. The standard InChI is InChI=1S/C20H25FN4/c21-15-10-8-14(9-11-15)18-23-19-22-17-7-3-2-6-16(17)20(25(19)24-18)12-4-1-5-13-20/h8-11,16-17H,1-7,12-13H2,(H,22,23,24)/t16-,17+/m1/s1. The van der Waals surface area contributed by atoms with Crippen molar-refractivity contribution in [2.45, 2.75) is 69.4 Å². The number of hydrogen-bond acceptors (Lipinski definition) is 3. The van der Waals surface area contributed by atoms with Crippen molar-refractivity contribution in [3.05, 3.63) is 30.1 Å². The Morgan fingerprint density at radius 3 is 2.56 bits per heavy atom. The van der Waals surface area contributed by atoms with Crippen LogP contribution in [0, 0.1) is 11.7 Å². The number of nitrogens with zero attached hydrogens (tertiary/aromatic N) is 3. The fraction of sp³-hybridized carbons (Fsp3) is 0.600. The second kappa shape index (κ2) is 5.82. The minimum absolute atomic E-state index is 0.134. The zero-order chi connectivity index (χ0) is 16.9. The van der Waals surface area contributed by atoms with Crippen LogP contribution in [0.4, 0.5) is 10.3 Å². The molecule has 1 spiro atoms. The van der Waals surface area contributed by atoms with Crippen molar-refractivity contribution >= 4 is 5.95 Å². The fourth-order valence-electron chi connectivity index (χ4n) is 5.45. The maximum atomic E-state index is 13.3. The highest BCUT2D eigenvalue weighted by molar-refractivity contribution is 5.57. The molecule has 0 saturated heterocycles. The maximum absolute atomic E-state index is 13.3. The monoisotopic (exact) mass is 340 g/mol. The maximum Gasteiger partial charge on any atom is 0.222 e. The second-order valence-electron chi connectivity index (χ2n) is 7.98. The van der Waals surface area contributed by atoms with E-state index in [1.807, 2.05) is 0 Å². The van der Waals surface area contributed by atoms with Gasteiger partial charge in [-0.15, -0.1) is 5.10 Å². The summed E-state index contributed by atoms with van der Waals surface area (Å²) in [5, 5.41) is 8.63. The zero-order valence-electron chi connectivity index (χ0n) is 14.5. The predicted molar refractivity (Wildman–Crippen MR) is 95.8 cm³/mol. The Balaban J connectivity index is 1.61. The Morgan fingerprint density at radius 1 is 1.00 bits per heavy atom. The molecule has 5 rings (SSSR count). The largest absolute Gasteiger partial charge is 0.351 e. The highest BCUT2D eigenvalue weighted by atomic mass is 19.1. The van der Waals surface area contributed by atoms with Crippen LogP contribution >= 0.6 is 0 Å². The van der Waals surface area contributed by atoms with Crippen molar-refractivity contribution in [2.75, 3.05) is 5.32 Å². The highest BCUT2D eigenvalue weighted by Crippen LogP contribution is 2.51. The summed E-state index contributed by atoms with van der Waals surface area (Å²) in [5.74, 6) is 2.08. The zero-order valence-corrected chi connectivity index (χ0v) is 14.5. The number of nitrogens with one attached hydrogen (secondary N) is 1. The first kappa shape index (κ1) is 15.4. The van der Waals surface area contributed by atoms with Crippen molar-refractivity contribution in [3.8, 4) is 11.4 Å². The average Bonchev–Trinajstić information content (AvgIpc) is 3.08. The molecule has 1 aromatic carbocycles. The third-order valence-electron chi connectivity index (χ3n) is 6.62. The SMILES string of the molecule is Fc1ccc(-c2nc3n(n2)C2(CCCCC2)[C@@H]2CCCC[C@@H]2N3)cc1. The molecule has 0 radical (unpaired) electrons. The number of rotatable bonds is 1. The molecular formula is C20H25FN4. The van der Waals surface area contributed by atoms with E-state index in [-0.39, 0.29) is 11.4 Å². The molecule has 5 heteroatoms. The molecule has 132 valence electrons. The van der Waals surface area contributed by atoms with Crippen molar-refractivity contribution < 1.29 is 4.39 Å². The molecule has 0 unspecified atom stereocenters. The molecule has 0 bridgehead atoms. The minimum Gasteiger partial charge on any atom is -0.351 e. The van der Waals surface area contributed by atoms with Crippen molar-refractivity contribution in [1.82, 2.24) is 14.8 Å². The summed E-state index contributed by atoms with van der Waals surface area (Å²) >= 11 is 0. The summed E-state index contributed by atoms with van der Waals surface area (Å²) in [7, 11) is 0. The fourth-order valence-corrected chi connectivity index (χ4v) is 5.45. The number of aromatic nitrogens is 3. The highest BCUT2D eigenvalue weighted by Gasteiger charge is 2.51. The summed E-state index contributed by atoms with van der Waals surface area (Å²) in [6, 6.07) is 7.05. The summed E-state index contributed by atoms with van der Waals surface area (Å²) in [4.78, 5) is 4.81. The van der Waals surface area contributed by atoms with E-state index in [1.54, 1.807) is 12.1 Å². The van der Waals surface area contributed by atoms with E-state index in [0.29, 0.717) is 17.8 Å². The van der Waals surface area contributed by atoms with Crippen LogP contribution in [0.3, 0.4) is 0 Å². The van der Waals surface area contributed by atoms with Gasteiger partial charge >= 0.3 is 0 Å². The van der Waals surface area contributed by atoms with Crippen LogP contribution in [0.1, 0.15) is 57.8 Å². The molecule has 25 heavy (non-hydrogen) atoms. The van der Waals surface area contributed by atoms with Crippen molar-refractivity contribution in [2.24, 2.45) is 5.92 Å². The molecule has 2 aliphatic carbocycles. The van der Waals surface area contributed by atoms with E-state index in [0.717, 1.165) is 11.5 Å². The Labute approximate surface area is 147 Å². The van der Waals surface area contributed by atoms with E-state index in [2.05, 4.69) is 10.00 Å². The van der Waals surface area contributed by atoms with E-state index in [9.17, 15) is 4.39 Å². The Morgan fingerprint density at radius 2 is 1.76 bits per heavy atom. The van der Waals surface area contributed by atoms with Gasteiger partial charge in [0.25, 0.3) is 0 Å². The van der Waals surface area contributed by atoms with Gasteiger partial charge in [0.2, 0.25) is 5.95 Å². The molecule has 0 amide bonds. The molecule has 2 atom stereocenters. The molecule has 2 fully saturated rings. The van der Waals surface area contributed by atoms with E-state index < -0.39 is 0 Å².